The maximum Gasteiger partial charge on any atom is 0.306 e. The van der Waals surface area contributed by atoms with E-state index in [1.165, 1.54) is 44.9 Å². The minimum absolute atomic E-state index is 0.0950. The Morgan fingerprint density at radius 1 is 0.357 bits per heavy atom. The number of esters is 3. The number of carbonyl (C=O) groups is 3. The summed E-state index contributed by atoms with van der Waals surface area (Å²) >= 11 is 0. The van der Waals surface area contributed by atoms with Gasteiger partial charge in [-0.2, -0.15) is 0 Å². The highest BCUT2D eigenvalue weighted by molar-refractivity contribution is 5.71. The van der Waals surface area contributed by atoms with Crippen molar-refractivity contribution in [1.29, 1.82) is 0 Å². The Balaban J connectivity index is 4.41. The average molecular weight is 781 g/mol. The van der Waals surface area contributed by atoms with Crippen LogP contribution in [0.1, 0.15) is 207 Å². The molecular weight excluding hydrogens is 697 g/mol. The highest BCUT2D eigenvalue weighted by Gasteiger charge is 2.19. The van der Waals surface area contributed by atoms with Gasteiger partial charge in [0.15, 0.2) is 6.10 Å². The summed E-state index contributed by atoms with van der Waals surface area (Å²) < 4.78 is 16.6. The standard InChI is InChI=1S/C50H84O6/c1-4-7-10-13-16-19-22-23-24-25-26-27-28-29-32-34-37-40-43-49(52)55-46-47(56-50(53)44-41-38-35-31-21-18-15-12-9-6-3)45-54-48(51)42-39-36-33-30-20-17-14-11-8-5-2/h14-19,22-27,47H,4-13,20-21,28-46H2,1-3H3/b17-14-,18-15-,19-16-,23-22-,25-24-,27-26-. The van der Waals surface area contributed by atoms with Gasteiger partial charge in [-0.25, -0.2) is 0 Å². The van der Waals surface area contributed by atoms with Crippen LogP contribution >= 0.6 is 0 Å². The zero-order valence-electron chi connectivity index (χ0n) is 36.4. The van der Waals surface area contributed by atoms with Gasteiger partial charge in [-0.1, -0.05) is 177 Å². The van der Waals surface area contributed by atoms with Crippen molar-refractivity contribution in [2.45, 2.75) is 213 Å². The van der Waals surface area contributed by atoms with Crippen molar-refractivity contribution >= 4 is 17.9 Å². The molecule has 0 aliphatic carbocycles. The summed E-state index contributed by atoms with van der Waals surface area (Å²) in [6.07, 6.45) is 54.5. The minimum Gasteiger partial charge on any atom is -0.462 e. The van der Waals surface area contributed by atoms with Gasteiger partial charge in [-0.3, -0.25) is 14.4 Å². The number of carbonyl (C=O) groups excluding carboxylic acids is 3. The van der Waals surface area contributed by atoms with Gasteiger partial charge in [-0.15, -0.1) is 0 Å². The molecule has 6 nitrogen and oxygen atoms in total. The molecule has 0 saturated heterocycles. The van der Waals surface area contributed by atoms with Gasteiger partial charge < -0.3 is 14.2 Å². The van der Waals surface area contributed by atoms with Crippen LogP contribution in [-0.4, -0.2) is 37.2 Å². The fraction of sp³-hybridized carbons (Fsp3) is 0.700. The third-order valence-corrected chi connectivity index (χ3v) is 9.50. The first-order valence-corrected chi connectivity index (χ1v) is 23.0. The second kappa shape index (κ2) is 44.6. The van der Waals surface area contributed by atoms with Crippen LogP contribution in [0.2, 0.25) is 0 Å². The molecule has 0 N–H and O–H groups in total. The van der Waals surface area contributed by atoms with E-state index in [-0.39, 0.29) is 31.1 Å². The summed E-state index contributed by atoms with van der Waals surface area (Å²) in [7, 11) is 0. The molecule has 0 rings (SSSR count). The Morgan fingerprint density at radius 2 is 0.679 bits per heavy atom. The highest BCUT2D eigenvalue weighted by atomic mass is 16.6. The fourth-order valence-corrected chi connectivity index (χ4v) is 5.94. The van der Waals surface area contributed by atoms with E-state index in [9.17, 15) is 14.4 Å². The van der Waals surface area contributed by atoms with Crippen molar-refractivity contribution in [1.82, 2.24) is 0 Å². The van der Waals surface area contributed by atoms with Gasteiger partial charge in [0.05, 0.1) is 0 Å². The molecule has 0 heterocycles. The maximum atomic E-state index is 12.7. The van der Waals surface area contributed by atoms with Gasteiger partial charge in [0.1, 0.15) is 13.2 Å². The first kappa shape index (κ1) is 52.9. The summed E-state index contributed by atoms with van der Waals surface area (Å²) in [5, 5.41) is 0. The predicted octanol–water partition coefficient (Wildman–Crippen LogP) is 14.7. The number of rotatable bonds is 40. The molecule has 0 aromatic rings. The lowest BCUT2D eigenvalue weighted by Crippen LogP contribution is -2.30. The van der Waals surface area contributed by atoms with E-state index in [2.05, 4.69) is 93.7 Å². The summed E-state index contributed by atoms with van der Waals surface area (Å²) in [4.78, 5) is 37.7. The molecule has 0 aliphatic rings. The fourth-order valence-electron chi connectivity index (χ4n) is 5.94. The molecule has 0 aromatic carbocycles. The van der Waals surface area contributed by atoms with Gasteiger partial charge in [0.25, 0.3) is 0 Å². The quantitative estimate of drug-likeness (QED) is 0.0203. The molecule has 6 heteroatoms. The zero-order valence-corrected chi connectivity index (χ0v) is 36.4. The Bertz CT molecular complexity index is 1080. The SMILES string of the molecule is CCCC/C=C\CCCCCCC(=O)OCC(COC(=O)CCCCCCC\C=C/C=C\C=C/C=C\CCCCC)OC(=O)CCCCCC/C=C\CCCC. The summed E-state index contributed by atoms with van der Waals surface area (Å²) in [5.41, 5.74) is 0. The number of ether oxygens (including phenoxy) is 3. The normalized spacial score (nSPS) is 12.7. The van der Waals surface area contributed by atoms with Crippen molar-refractivity contribution < 1.29 is 28.6 Å². The molecular formula is C50H84O6. The van der Waals surface area contributed by atoms with E-state index >= 15 is 0 Å². The predicted molar refractivity (Wildman–Crippen MR) is 238 cm³/mol. The van der Waals surface area contributed by atoms with E-state index in [0.717, 1.165) is 122 Å². The smallest absolute Gasteiger partial charge is 0.306 e. The molecule has 0 fully saturated rings. The van der Waals surface area contributed by atoms with Crippen LogP contribution in [0.4, 0.5) is 0 Å². The van der Waals surface area contributed by atoms with E-state index in [4.69, 9.17) is 14.2 Å². The highest BCUT2D eigenvalue weighted by Crippen LogP contribution is 2.12. The molecule has 1 atom stereocenters. The van der Waals surface area contributed by atoms with Crippen LogP contribution in [0.25, 0.3) is 0 Å². The van der Waals surface area contributed by atoms with Crippen molar-refractivity contribution in [3.8, 4) is 0 Å². The second-order valence-electron chi connectivity index (χ2n) is 15.0. The van der Waals surface area contributed by atoms with Crippen LogP contribution < -0.4 is 0 Å². The average Bonchev–Trinajstić information content (AvgIpc) is 3.19. The van der Waals surface area contributed by atoms with Crippen LogP contribution in [0.15, 0.2) is 72.9 Å². The third-order valence-electron chi connectivity index (χ3n) is 9.50. The van der Waals surface area contributed by atoms with E-state index < -0.39 is 6.10 Å². The van der Waals surface area contributed by atoms with Crippen LogP contribution in [0.3, 0.4) is 0 Å². The zero-order chi connectivity index (χ0) is 40.8. The van der Waals surface area contributed by atoms with Gasteiger partial charge in [-0.05, 0) is 83.5 Å². The van der Waals surface area contributed by atoms with Crippen molar-refractivity contribution in [3.05, 3.63) is 72.9 Å². The molecule has 0 aliphatic heterocycles. The Labute approximate surface area is 344 Å². The Kier molecular flexibility index (Phi) is 42.1. The van der Waals surface area contributed by atoms with Gasteiger partial charge in [0.2, 0.25) is 0 Å². The largest absolute Gasteiger partial charge is 0.462 e. The number of allylic oxidation sites excluding steroid dienone is 12. The third kappa shape index (κ3) is 42.0. The lowest BCUT2D eigenvalue weighted by Gasteiger charge is -2.18. The molecule has 0 radical (unpaired) electrons. The van der Waals surface area contributed by atoms with Gasteiger partial charge in [0, 0.05) is 19.3 Å². The molecule has 0 amide bonds. The topological polar surface area (TPSA) is 78.9 Å². The molecule has 56 heavy (non-hydrogen) atoms. The van der Waals surface area contributed by atoms with Crippen LogP contribution in [0.5, 0.6) is 0 Å². The lowest BCUT2D eigenvalue weighted by molar-refractivity contribution is -0.167. The van der Waals surface area contributed by atoms with Crippen LogP contribution in [0, 0.1) is 0 Å². The van der Waals surface area contributed by atoms with E-state index in [0.29, 0.717) is 19.3 Å². The summed E-state index contributed by atoms with van der Waals surface area (Å²) in [6.45, 7) is 6.45. The molecule has 1 unspecified atom stereocenters. The Morgan fingerprint density at radius 3 is 1.11 bits per heavy atom. The van der Waals surface area contributed by atoms with E-state index in [1.807, 2.05) is 0 Å². The van der Waals surface area contributed by atoms with Crippen molar-refractivity contribution in [3.63, 3.8) is 0 Å². The van der Waals surface area contributed by atoms with Gasteiger partial charge >= 0.3 is 17.9 Å². The minimum atomic E-state index is -0.792. The maximum absolute atomic E-state index is 12.7. The summed E-state index contributed by atoms with van der Waals surface area (Å²) in [6, 6.07) is 0. The molecule has 0 bridgehead atoms. The second-order valence-corrected chi connectivity index (χ2v) is 15.0. The first-order valence-electron chi connectivity index (χ1n) is 23.0. The molecule has 0 aromatic heterocycles. The monoisotopic (exact) mass is 781 g/mol. The Hall–Kier alpha value is -3.15. The van der Waals surface area contributed by atoms with Crippen molar-refractivity contribution in [2.75, 3.05) is 13.2 Å². The molecule has 0 spiro atoms. The first-order chi connectivity index (χ1) is 27.5. The molecule has 320 valence electrons. The number of unbranched alkanes of at least 4 members (excludes halogenated alkanes) is 20. The van der Waals surface area contributed by atoms with Crippen molar-refractivity contribution in [2.24, 2.45) is 0 Å². The van der Waals surface area contributed by atoms with Crippen LogP contribution in [-0.2, 0) is 28.6 Å². The van der Waals surface area contributed by atoms with E-state index in [1.54, 1.807) is 0 Å². The molecule has 0 saturated carbocycles. The summed E-state index contributed by atoms with van der Waals surface area (Å²) in [5.74, 6) is -0.952. The lowest BCUT2D eigenvalue weighted by atomic mass is 10.1. The number of hydrogen-bond acceptors (Lipinski definition) is 6. The number of hydrogen-bond donors (Lipinski definition) is 0.